The van der Waals surface area contributed by atoms with Gasteiger partial charge < -0.3 is 4.42 Å². The Kier molecular flexibility index (Phi) is 4.74. The molecule has 0 saturated heterocycles. The van der Waals surface area contributed by atoms with Crippen molar-refractivity contribution in [2.75, 3.05) is 0 Å². The van der Waals surface area contributed by atoms with E-state index in [-0.39, 0.29) is 11.7 Å². The maximum absolute atomic E-state index is 11.8. The molecule has 2 aromatic rings. The van der Waals surface area contributed by atoms with E-state index in [1.54, 1.807) is 12.1 Å². The van der Waals surface area contributed by atoms with E-state index in [1.165, 1.54) is 5.56 Å². The summed E-state index contributed by atoms with van der Waals surface area (Å²) in [4.78, 5) is 11.8. The van der Waals surface area contributed by atoms with Crippen molar-refractivity contribution in [1.29, 1.82) is 0 Å². The van der Waals surface area contributed by atoms with E-state index < -0.39 is 0 Å². The second-order valence-corrected chi connectivity index (χ2v) is 5.07. The first-order chi connectivity index (χ1) is 9.60. The zero-order valence-electron chi connectivity index (χ0n) is 11.3. The van der Waals surface area contributed by atoms with Gasteiger partial charge >= 0.3 is 5.91 Å². The van der Waals surface area contributed by atoms with E-state index in [2.05, 4.69) is 45.5 Å². The lowest BCUT2D eigenvalue weighted by Gasteiger charge is -2.03. The number of benzene rings is 1. The highest BCUT2D eigenvalue weighted by Gasteiger charge is 2.09. The molecule has 1 heterocycles. The largest absolute Gasteiger partial charge is 0.444 e. The van der Waals surface area contributed by atoms with E-state index in [1.807, 2.05) is 19.1 Å². The molecule has 1 N–H and O–H groups in total. The highest BCUT2D eigenvalue weighted by Crippen LogP contribution is 2.13. The molecule has 0 bridgehead atoms. The van der Waals surface area contributed by atoms with Gasteiger partial charge in [0.1, 0.15) is 0 Å². The average molecular weight is 335 g/mol. The van der Waals surface area contributed by atoms with Gasteiger partial charge in [0, 0.05) is 0 Å². The van der Waals surface area contributed by atoms with Gasteiger partial charge in [0.25, 0.3) is 0 Å². The summed E-state index contributed by atoms with van der Waals surface area (Å²) in [5.74, 6) is -0.157. The van der Waals surface area contributed by atoms with Crippen LogP contribution < -0.4 is 5.43 Å². The molecule has 5 heteroatoms. The monoisotopic (exact) mass is 334 g/mol. The van der Waals surface area contributed by atoms with Gasteiger partial charge in [-0.1, -0.05) is 31.2 Å². The number of hydrazone groups is 1. The van der Waals surface area contributed by atoms with Crippen molar-refractivity contribution in [3.8, 4) is 0 Å². The Morgan fingerprint density at radius 2 is 1.95 bits per heavy atom. The third kappa shape index (κ3) is 3.57. The summed E-state index contributed by atoms with van der Waals surface area (Å²) in [5, 5.41) is 4.08. The van der Waals surface area contributed by atoms with Gasteiger partial charge in [-0.05, 0) is 52.5 Å². The van der Waals surface area contributed by atoms with Crippen LogP contribution in [0.25, 0.3) is 0 Å². The summed E-state index contributed by atoms with van der Waals surface area (Å²) in [6, 6.07) is 11.3. The Morgan fingerprint density at radius 1 is 1.25 bits per heavy atom. The number of nitrogens with zero attached hydrogens (tertiary/aromatic N) is 1. The molecule has 0 aliphatic heterocycles. The molecule has 0 radical (unpaired) electrons. The summed E-state index contributed by atoms with van der Waals surface area (Å²) in [6.45, 7) is 3.96. The number of nitrogens with one attached hydrogen (secondary N) is 1. The first-order valence-corrected chi connectivity index (χ1v) is 7.08. The zero-order chi connectivity index (χ0) is 14.5. The average Bonchev–Trinajstić information content (AvgIpc) is 2.91. The number of rotatable bonds is 4. The van der Waals surface area contributed by atoms with Crippen LogP contribution >= 0.6 is 15.9 Å². The predicted octanol–water partition coefficient (Wildman–Crippen LogP) is 3.76. The molecule has 0 saturated carbocycles. The van der Waals surface area contributed by atoms with Crippen molar-refractivity contribution in [3.05, 3.63) is 58.0 Å². The minimum atomic E-state index is -0.375. The molecular formula is C15H15BrN2O2. The van der Waals surface area contributed by atoms with Crippen LogP contribution in [-0.2, 0) is 6.42 Å². The van der Waals surface area contributed by atoms with Crippen LogP contribution in [0.2, 0.25) is 0 Å². The van der Waals surface area contributed by atoms with Gasteiger partial charge in [0.05, 0.1) is 5.71 Å². The molecule has 0 unspecified atom stereocenters. The third-order valence-electron chi connectivity index (χ3n) is 2.90. The topological polar surface area (TPSA) is 54.6 Å². The normalized spacial score (nSPS) is 11.4. The highest BCUT2D eigenvalue weighted by atomic mass is 79.9. The number of halogens is 1. The molecule has 104 valence electrons. The van der Waals surface area contributed by atoms with Crippen molar-refractivity contribution < 1.29 is 9.21 Å². The van der Waals surface area contributed by atoms with Crippen LogP contribution in [0.4, 0.5) is 0 Å². The van der Waals surface area contributed by atoms with Gasteiger partial charge in [-0.15, -0.1) is 0 Å². The third-order valence-corrected chi connectivity index (χ3v) is 3.33. The van der Waals surface area contributed by atoms with Crippen molar-refractivity contribution >= 4 is 27.5 Å². The van der Waals surface area contributed by atoms with Crippen molar-refractivity contribution in [2.24, 2.45) is 5.10 Å². The lowest BCUT2D eigenvalue weighted by Crippen LogP contribution is -2.18. The van der Waals surface area contributed by atoms with Crippen LogP contribution in [0.15, 0.2) is 50.6 Å². The number of hydrogen-bond acceptors (Lipinski definition) is 3. The molecule has 0 fully saturated rings. The van der Waals surface area contributed by atoms with E-state index in [4.69, 9.17) is 4.42 Å². The lowest BCUT2D eigenvalue weighted by atomic mass is 10.1. The van der Waals surface area contributed by atoms with Crippen molar-refractivity contribution in [2.45, 2.75) is 20.3 Å². The van der Waals surface area contributed by atoms with Gasteiger partial charge in [-0.2, -0.15) is 5.10 Å². The standard InChI is InChI=1S/C15H15BrN2O2/c1-3-11-4-6-12(7-5-11)10(2)17-18-15(19)13-8-9-14(16)20-13/h4-9H,3H2,1-2H3,(H,18,19). The van der Waals surface area contributed by atoms with E-state index >= 15 is 0 Å². The first kappa shape index (κ1) is 14.5. The summed E-state index contributed by atoms with van der Waals surface area (Å²) in [5.41, 5.74) is 5.46. The molecule has 0 aliphatic carbocycles. The summed E-state index contributed by atoms with van der Waals surface area (Å²) < 4.78 is 5.66. The number of carbonyl (C=O) groups is 1. The Hall–Kier alpha value is -1.88. The fourth-order valence-electron chi connectivity index (χ4n) is 1.67. The number of amides is 1. The zero-order valence-corrected chi connectivity index (χ0v) is 12.9. The van der Waals surface area contributed by atoms with E-state index in [0.717, 1.165) is 17.7 Å². The smallest absolute Gasteiger partial charge is 0.307 e. The molecule has 1 amide bonds. The summed E-state index contributed by atoms with van der Waals surface area (Å²) in [7, 11) is 0. The SMILES string of the molecule is CCc1ccc(C(C)=NNC(=O)c2ccc(Br)o2)cc1. The van der Waals surface area contributed by atoms with Crippen LogP contribution in [0.3, 0.4) is 0 Å². The van der Waals surface area contributed by atoms with Gasteiger partial charge in [-0.25, -0.2) is 5.43 Å². The fraction of sp³-hybridized carbons (Fsp3) is 0.200. The fourth-order valence-corrected chi connectivity index (χ4v) is 1.98. The van der Waals surface area contributed by atoms with Crippen LogP contribution in [-0.4, -0.2) is 11.6 Å². The Labute approximate surface area is 126 Å². The maximum Gasteiger partial charge on any atom is 0.307 e. The summed E-state index contributed by atoms with van der Waals surface area (Å²) in [6.07, 6.45) is 1.00. The van der Waals surface area contributed by atoms with Crippen LogP contribution in [0.5, 0.6) is 0 Å². The predicted molar refractivity (Wildman–Crippen MR) is 81.9 cm³/mol. The maximum atomic E-state index is 11.8. The number of carbonyl (C=O) groups excluding carboxylic acids is 1. The quantitative estimate of drug-likeness (QED) is 0.683. The van der Waals surface area contributed by atoms with Crippen LogP contribution in [0.1, 0.15) is 35.5 Å². The minimum Gasteiger partial charge on any atom is -0.444 e. The Morgan fingerprint density at radius 3 is 2.50 bits per heavy atom. The van der Waals surface area contributed by atoms with Gasteiger partial charge in [0.15, 0.2) is 10.4 Å². The molecule has 1 aromatic heterocycles. The van der Waals surface area contributed by atoms with Crippen molar-refractivity contribution in [1.82, 2.24) is 5.43 Å². The first-order valence-electron chi connectivity index (χ1n) is 6.29. The second kappa shape index (κ2) is 6.52. The Bertz CT molecular complexity index is 630. The second-order valence-electron chi connectivity index (χ2n) is 4.29. The molecule has 0 aliphatic rings. The van der Waals surface area contributed by atoms with Gasteiger partial charge in [-0.3, -0.25) is 4.79 Å². The highest BCUT2D eigenvalue weighted by molar-refractivity contribution is 9.10. The van der Waals surface area contributed by atoms with E-state index in [0.29, 0.717) is 4.67 Å². The minimum absolute atomic E-state index is 0.217. The molecule has 0 spiro atoms. The Balaban J connectivity index is 2.04. The molecule has 4 nitrogen and oxygen atoms in total. The molecule has 2 rings (SSSR count). The molecule has 1 aromatic carbocycles. The van der Waals surface area contributed by atoms with Gasteiger partial charge in [0.2, 0.25) is 0 Å². The number of hydrogen-bond donors (Lipinski definition) is 1. The molecule has 20 heavy (non-hydrogen) atoms. The van der Waals surface area contributed by atoms with E-state index in [9.17, 15) is 4.79 Å². The number of furan rings is 1. The van der Waals surface area contributed by atoms with Crippen molar-refractivity contribution in [3.63, 3.8) is 0 Å². The molecular weight excluding hydrogens is 320 g/mol. The number of aryl methyl sites for hydroxylation is 1. The molecule has 0 atom stereocenters. The van der Waals surface area contributed by atoms with Crippen LogP contribution in [0, 0.1) is 0 Å². The summed E-state index contributed by atoms with van der Waals surface area (Å²) >= 11 is 3.15. The lowest BCUT2D eigenvalue weighted by molar-refractivity contribution is 0.0926.